The minimum atomic E-state index is 0.905. The normalized spacial score (nSPS) is 11.9. The van der Waals surface area contributed by atoms with Gasteiger partial charge < -0.3 is 8.83 Å². The Balaban J connectivity index is 1.01. The Morgan fingerprint density at radius 1 is 0.250 bits per heavy atom. The van der Waals surface area contributed by atoms with E-state index in [9.17, 15) is 0 Å². The smallest absolute Gasteiger partial charge is 0.136 e. The highest BCUT2D eigenvalue weighted by Crippen LogP contribution is 2.46. The predicted molar refractivity (Wildman–Crippen MR) is 235 cm³/mol. The molecule has 12 aromatic rings. The van der Waals surface area contributed by atoms with E-state index in [2.05, 4.69) is 182 Å². The fraction of sp³-hybridized carbons (Fsp3) is 0. The number of fused-ring (bicyclic) bond motifs is 10. The van der Waals surface area contributed by atoms with Gasteiger partial charge in [-0.15, -0.1) is 0 Å². The zero-order valence-corrected chi connectivity index (χ0v) is 30.3. The number of rotatable bonds is 4. The third-order valence-electron chi connectivity index (χ3n) is 11.7. The standard InChI is InChI=1S/C54H32O2/c1-2-14-40-33(11-1)25-30-51-54(40)47-32-37(27-29-50(47)56-51)53-44-18-7-5-16-42(44)52(43-17-6-8-19-45(43)53)35-23-21-34(22-24-35)38-12-3-4-13-39(38)36-26-28-49-46(31-36)41-15-9-10-20-48(41)55-49/h1-32H. The van der Waals surface area contributed by atoms with Crippen molar-refractivity contribution in [1.29, 1.82) is 0 Å². The van der Waals surface area contributed by atoms with E-state index in [-0.39, 0.29) is 0 Å². The molecule has 0 radical (unpaired) electrons. The Morgan fingerprint density at radius 3 is 1.41 bits per heavy atom. The van der Waals surface area contributed by atoms with Crippen LogP contribution in [0.15, 0.2) is 203 Å². The first-order valence-electron chi connectivity index (χ1n) is 19.2. The second-order valence-corrected chi connectivity index (χ2v) is 14.7. The molecule has 0 aliphatic rings. The molecular weight excluding hydrogens is 681 g/mol. The monoisotopic (exact) mass is 712 g/mol. The van der Waals surface area contributed by atoms with E-state index in [0.717, 1.165) is 38.5 Å². The molecule has 56 heavy (non-hydrogen) atoms. The molecule has 260 valence electrons. The fourth-order valence-electron chi connectivity index (χ4n) is 9.15. The van der Waals surface area contributed by atoms with Crippen molar-refractivity contribution >= 4 is 76.2 Å². The SMILES string of the molecule is c1ccc(-c2ccc3oc4ccccc4c3c2)c(-c2ccc(-c3c4ccccc4c(-c4ccc5oc6ccc7ccccc7c6c5c4)c4ccccc34)cc2)c1. The minimum Gasteiger partial charge on any atom is -0.456 e. The van der Waals surface area contributed by atoms with Crippen LogP contribution in [-0.4, -0.2) is 0 Å². The molecule has 0 bridgehead atoms. The lowest BCUT2D eigenvalue weighted by Crippen LogP contribution is -1.91. The molecular formula is C54H32O2. The molecule has 2 nitrogen and oxygen atoms in total. The first-order chi connectivity index (χ1) is 27.8. The number of benzene rings is 10. The van der Waals surface area contributed by atoms with Crippen molar-refractivity contribution in [2.75, 3.05) is 0 Å². The molecule has 0 saturated heterocycles. The fourth-order valence-corrected chi connectivity index (χ4v) is 9.15. The van der Waals surface area contributed by atoms with E-state index in [0.29, 0.717) is 0 Å². The van der Waals surface area contributed by atoms with Gasteiger partial charge in [0, 0.05) is 21.5 Å². The lowest BCUT2D eigenvalue weighted by Gasteiger charge is -2.18. The zero-order valence-electron chi connectivity index (χ0n) is 30.3. The molecule has 0 spiro atoms. The lowest BCUT2D eigenvalue weighted by molar-refractivity contribution is 0.668. The van der Waals surface area contributed by atoms with Crippen LogP contribution < -0.4 is 0 Å². The largest absolute Gasteiger partial charge is 0.456 e. The summed E-state index contributed by atoms with van der Waals surface area (Å²) < 4.78 is 12.5. The molecule has 2 aromatic heterocycles. The molecule has 2 heterocycles. The first kappa shape index (κ1) is 31.0. The van der Waals surface area contributed by atoms with E-state index in [4.69, 9.17) is 8.83 Å². The van der Waals surface area contributed by atoms with Gasteiger partial charge in [-0.2, -0.15) is 0 Å². The highest BCUT2D eigenvalue weighted by Gasteiger charge is 2.19. The number of para-hydroxylation sites is 1. The Hall–Kier alpha value is -7.42. The Kier molecular flexibility index (Phi) is 6.66. The van der Waals surface area contributed by atoms with Crippen LogP contribution in [0.5, 0.6) is 0 Å². The molecule has 12 rings (SSSR count). The number of hydrogen-bond donors (Lipinski definition) is 0. The molecule has 10 aromatic carbocycles. The van der Waals surface area contributed by atoms with Crippen molar-refractivity contribution < 1.29 is 8.83 Å². The van der Waals surface area contributed by atoms with E-state index in [1.165, 1.54) is 82.2 Å². The van der Waals surface area contributed by atoms with Gasteiger partial charge >= 0.3 is 0 Å². The molecule has 0 aliphatic heterocycles. The van der Waals surface area contributed by atoms with Crippen molar-refractivity contribution in [2.24, 2.45) is 0 Å². The van der Waals surface area contributed by atoms with Gasteiger partial charge in [-0.25, -0.2) is 0 Å². The maximum Gasteiger partial charge on any atom is 0.136 e. The van der Waals surface area contributed by atoms with Gasteiger partial charge in [0.15, 0.2) is 0 Å². The molecule has 0 unspecified atom stereocenters. The van der Waals surface area contributed by atoms with Gasteiger partial charge in [0.05, 0.1) is 0 Å². The van der Waals surface area contributed by atoms with E-state index >= 15 is 0 Å². The van der Waals surface area contributed by atoms with Crippen LogP contribution in [0, 0.1) is 0 Å². The summed E-state index contributed by atoms with van der Waals surface area (Å²) in [6.07, 6.45) is 0. The van der Waals surface area contributed by atoms with E-state index < -0.39 is 0 Å². The van der Waals surface area contributed by atoms with E-state index in [1.54, 1.807) is 0 Å². The van der Waals surface area contributed by atoms with Gasteiger partial charge in [-0.1, -0.05) is 158 Å². The van der Waals surface area contributed by atoms with Crippen LogP contribution >= 0.6 is 0 Å². The third-order valence-corrected chi connectivity index (χ3v) is 11.7. The van der Waals surface area contributed by atoms with Crippen LogP contribution in [-0.2, 0) is 0 Å². The maximum atomic E-state index is 6.40. The first-order valence-corrected chi connectivity index (χ1v) is 19.2. The van der Waals surface area contributed by atoms with Crippen molar-refractivity contribution in [3.05, 3.63) is 194 Å². The summed E-state index contributed by atoms with van der Waals surface area (Å²) in [4.78, 5) is 0. The molecule has 0 aliphatic carbocycles. The van der Waals surface area contributed by atoms with Gasteiger partial charge in [0.25, 0.3) is 0 Å². The zero-order chi connectivity index (χ0) is 36.7. The third kappa shape index (κ3) is 4.63. The lowest BCUT2D eigenvalue weighted by atomic mass is 9.85. The Morgan fingerprint density at radius 2 is 0.696 bits per heavy atom. The van der Waals surface area contributed by atoms with Gasteiger partial charge in [-0.05, 0) is 113 Å². The molecule has 0 atom stereocenters. The van der Waals surface area contributed by atoms with Crippen LogP contribution in [0.4, 0.5) is 0 Å². The highest BCUT2D eigenvalue weighted by molar-refractivity contribution is 6.24. The molecule has 0 N–H and O–H groups in total. The molecule has 0 fully saturated rings. The summed E-state index contributed by atoms with van der Waals surface area (Å²) in [6.45, 7) is 0. The van der Waals surface area contributed by atoms with Crippen LogP contribution in [0.2, 0.25) is 0 Å². The quantitative estimate of drug-likeness (QED) is 0.170. The van der Waals surface area contributed by atoms with Crippen LogP contribution in [0.3, 0.4) is 0 Å². The second kappa shape index (κ2) is 12.0. The summed E-state index contributed by atoms with van der Waals surface area (Å²) in [5, 5.41) is 11.9. The highest BCUT2D eigenvalue weighted by atomic mass is 16.3. The van der Waals surface area contributed by atoms with Crippen molar-refractivity contribution in [2.45, 2.75) is 0 Å². The van der Waals surface area contributed by atoms with Crippen LogP contribution in [0.1, 0.15) is 0 Å². The predicted octanol–water partition coefficient (Wildman–Crippen LogP) is 15.6. The average Bonchev–Trinajstić information content (AvgIpc) is 3.83. The Bertz CT molecular complexity index is 3470. The molecule has 0 amide bonds. The van der Waals surface area contributed by atoms with E-state index in [1.807, 2.05) is 12.1 Å². The van der Waals surface area contributed by atoms with Gasteiger partial charge in [0.1, 0.15) is 22.3 Å². The summed E-state index contributed by atoms with van der Waals surface area (Å²) in [7, 11) is 0. The average molecular weight is 713 g/mol. The van der Waals surface area contributed by atoms with Crippen LogP contribution in [0.25, 0.3) is 121 Å². The topological polar surface area (TPSA) is 26.3 Å². The summed E-state index contributed by atoms with van der Waals surface area (Å²) in [5.41, 5.74) is 13.3. The number of furan rings is 2. The summed E-state index contributed by atoms with van der Waals surface area (Å²) in [5.74, 6) is 0. The van der Waals surface area contributed by atoms with Gasteiger partial charge in [-0.3, -0.25) is 0 Å². The second-order valence-electron chi connectivity index (χ2n) is 14.7. The molecule has 2 heteroatoms. The minimum absolute atomic E-state index is 0.905. The van der Waals surface area contributed by atoms with Crippen molar-refractivity contribution in [3.8, 4) is 44.5 Å². The number of hydrogen-bond acceptors (Lipinski definition) is 2. The molecule has 0 saturated carbocycles. The maximum absolute atomic E-state index is 6.40. The van der Waals surface area contributed by atoms with Gasteiger partial charge in [0.2, 0.25) is 0 Å². The summed E-state index contributed by atoms with van der Waals surface area (Å²) >= 11 is 0. The van der Waals surface area contributed by atoms with Crippen molar-refractivity contribution in [1.82, 2.24) is 0 Å². The summed E-state index contributed by atoms with van der Waals surface area (Å²) in [6, 6.07) is 69.9. The van der Waals surface area contributed by atoms with Crippen molar-refractivity contribution in [3.63, 3.8) is 0 Å². The Labute approximate surface area is 322 Å².